The molecule has 1 fully saturated rings. The Bertz CT molecular complexity index is 961. The van der Waals surface area contributed by atoms with Crippen LogP contribution in [0.25, 0.3) is 0 Å². The van der Waals surface area contributed by atoms with Crippen molar-refractivity contribution in [3.63, 3.8) is 0 Å². The summed E-state index contributed by atoms with van der Waals surface area (Å²) in [5, 5.41) is 3.32. The summed E-state index contributed by atoms with van der Waals surface area (Å²) in [6, 6.07) is 10.2. The molecule has 1 atom stereocenters. The second kappa shape index (κ2) is 9.67. The predicted octanol–water partition coefficient (Wildman–Crippen LogP) is 3.47. The van der Waals surface area contributed by atoms with Crippen LogP contribution in [0.3, 0.4) is 0 Å². The molecule has 0 bridgehead atoms. The number of rotatable bonds is 8. The lowest BCUT2D eigenvalue weighted by Gasteiger charge is -2.12. The quantitative estimate of drug-likeness (QED) is 0.631. The molecule has 1 saturated heterocycles. The Morgan fingerprint density at radius 2 is 1.90 bits per heavy atom. The zero-order chi connectivity index (χ0) is 20.9. The van der Waals surface area contributed by atoms with Gasteiger partial charge in [0.25, 0.3) is 15.9 Å². The molecule has 0 radical (unpaired) electrons. The molecule has 0 unspecified atom stereocenters. The van der Waals surface area contributed by atoms with E-state index in [4.69, 9.17) is 32.7 Å². The van der Waals surface area contributed by atoms with Crippen LogP contribution < -0.4 is 14.8 Å². The van der Waals surface area contributed by atoms with Gasteiger partial charge in [0, 0.05) is 13.2 Å². The average Bonchev–Trinajstić information content (AvgIpc) is 3.21. The molecule has 0 aliphatic carbocycles. The van der Waals surface area contributed by atoms with E-state index < -0.39 is 10.0 Å². The van der Waals surface area contributed by atoms with Crippen LogP contribution >= 0.6 is 23.2 Å². The first-order chi connectivity index (χ1) is 13.8. The summed E-state index contributed by atoms with van der Waals surface area (Å²) in [6.45, 7) is 1.02. The van der Waals surface area contributed by atoms with Gasteiger partial charge in [-0.1, -0.05) is 23.2 Å². The Kier molecular flexibility index (Phi) is 7.23. The van der Waals surface area contributed by atoms with E-state index in [-0.39, 0.29) is 28.5 Å². The summed E-state index contributed by atoms with van der Waals surface area (Å²) in [5.41, 5.74) is 0.294. The van der Waals surface area contributed by atoms with E-state index in [2.05, 4.69) is 10.0 Å². The smallest absolute Gasteiger partial charge is 0.261 e. The van der Waals surface area contributed by atoms with Gasteiger partial charge in [0.15, 0.2) is 6.61 Å². The van der Waals surface area contributed by atoms with E-state index in [1.54, 1.807) is 0 Å². The number of carbonyl (C=O) groups is 1. The van der Waals surface area contributed by atoms with Crippen molar-refractivity contribution in [2.24, 2.45) is 0 Å². The normalized spacial score (nSPS) is 16.4. The number of halogens is 2. The van der Waals surface area contributed by atoms with Crippen molar-refractivity contribution in [2.45, 2.75) is 23.8 Å². The van der Waals surface area contributed by atoms with E-state index in [1.807, 2.05) is 0 Å². The average molecular weight is 459 g/mol. The van der Waals surface area contributed by atoms with Crippen LogP contribution in [0.4, 0.5) is 5.69 Å². The first-order valence-electron chi connectivity index (χ1n) is 8.92. The number of amides is 1. The lowest BCUT2D eigenvalue weighted by Crippen LogP contribution is -2.35. The highest BCUT2D eigenvalue weighted by atomic mass is 35.5. The molecule has 1 aliphatic heterocycles. The lowest BCUT2D eigenvalue weighted by atomic mass is 10.2. The Balaban J connectivity index is 1.53. The van der Waals surface area contributed by atoms with Crippen LogP contribution in [-0.4, -0.2) is 40.2 Å². The van der Waals surface area contributed by atoms with Crippen LogP contribution in [0.2, 0.25) is 10.0 Å². The zero-order valence-electron chi connectivity index (χ0n) is 15.4. The number of ether oxygens (including phenoxy) is 2. The summed E-state index contributed by atoms with van der Waals surface area (Å²) < 4.78 is 38.2. The number of benzene rings is 2. The fourth-order valence-corrected chi connectivity index (χ4v) is 4.07. The molecular formula is C19H20Cl2N2O5S. The molecule has 1 heterocycles. The van der Waals surface area contributed by atoms with Crippen molar-refractivity contribution in [1.29, 1.82) is 0 Å². The molecule has 2 N–H and O–H groups in total. The molecule has 10 heteroatoms. The minimum absolute atomic E-state index is 0.0405. The van der Waals surface area contributed by atoms with Crippen LogP contribution in [0.5, 0.6) is 5.75 Å². The molecule has 2 aromatic carbocycles. The SMILES string of the molecule is O=C(COc1ccc(S(=O)(=O)Nc2ccc(Cl)c(Cl)c2)cc1)NC[C@@H]1CCCO1. The first-order valence-corrected chi connectivity index (χ1v) is 11.2. The molecular weight excluding hydrogens is 439 g/mol. The van der Waals surface area contributed by atoms with Crippen molar-refractivity contribution >= 4 is 44.8 Å². The third kappa shape index (κ3) is 6.24. The van der Waals surface area contributed by atoms with Gasteiger partial charge in [0.1, 0.15) is 5.75 Å². The standard InChI is InChI=1S/C19H20Cl2N2O5S/c20-17-8-3-13(10-18(17)21)23-29(25,26)16-6-4-14(5-7-16)28-12-19(24)22-11-15-2-1-9-27-15/h3-8,10,15,23H,1-2,9,11-12H2,(H,22,24)/t15-/m0/s1. The molecule has 3 rings (SSSR count). The molecule has 156 valence electrons. The Labute approximate surface area is 179 Å². The molecule has 0 spiro atoms. The highest BCUT2D eigenvalue weighted by Gasteiger charge is 2.17. The maximum atomic E-state index is 12.5. The van der Waals surface area contributed by atoms with Gasteiger partial charge in [-0.2, -0.15) is 0 Å². The summed E-state index contributed by atoms with van der Waals surface area (Å²) in [6.07, 6.45) is 2.01. The first kappa shape index (κ1) is 21.7. The number of nitrogens with one attached hydrogen (secondary N) is 2. The van der Waals surface area contributed by atoms with Crippen molar-refractivity contribution in [3.8, 4) is 5.75 Å². The Morgan fingerprint density at radius 1 is 1.14 bits per heavy atom. The van der Waals surface area contributed by atoms with Crippen molar-refractivity contribution in [1.82, 2.24) is 5.32 Å². The predicted molar refractivity (Wildman–Crippen MR) is 111 cm³/mol. The molecule has 29 heavy (non-hydrogen) atoms. The number of carbonyl (C=O) groups excluding carboxylic acids is 1. The molecule has 2 aromatic rings. The minimum Gasteiger partial charge on any atom is -0.484 e. The zero-order valence-corrected chi connectivity index (χ0v) is 17.7. The third-order valence-corrected chi connectivity index (χ3v) is 6.36. The van der Waals surface area contributed by atoms with E-state index >= 15 is 0 Å². The number of sulfonamides is 1. The molecule has 1 amide bonds. The fraction of sp³-hybridized carbons (Fsp3) is 0.316. The van der Waals surface area contributed by atoms with Gasteiger partial charge in [-0.05, 0) is 55.3 Å². The highest BCUT2D eigenvalue weighted by molar-refractivity contribution is 7.92. The van der Waals surface area contributed by atoms with E-state index in [1.165, 1.54) is 42.5 Å². The van der Waals surface area contributed by atoms with E-state index in [0.717, 1.165) is 19.4 Å². The summed E-state index contributed by atoms with van der Waals surface area (Å²) in [5.74, 6) is 0.115. The van der Waals surface area contributed by atoms with Gasteiger partial charge < -0.3 is 14.8 Å². The summed E-state index contributed by atoms with van der Waals surface area (Å²) >= 11 is 11.7. The fourth-order valence-electron chi connectivity index (χ4n) is 2.72. The maximum absolute atomic E-state index is 12.5. The highest BCUT2D eigenvalue weighted by Crippen LogP contribution is 2.27. The second-order valence-corrected chi connectivity index (χ2v) is 8.93. The van der Waals surface area contributed by atoms with Crippen molar-refractivity contribution < 1.29 is 22.7 Å². The third-order valence-electron chi connectivity index (χ3n) is 4.23. The largest absolute Gasteiger partial charge is 0.484 e. The summed E-state index contributed by atoms with van der Waals surface area (Å²) in [4.78, 5) is 11.9. The maximum Gasteiger partial charge on any atom is 0.261 e. The molecule has 0 saturated carbocycles. The van der Waals surface area contributed by atoms with Gasteiger partial charge in [0.05, 0.1) is 26.7 Å². The van der Waals surface area contributed by atoms with Crippen LogP contribution in [0, 0.1) is 0 Å². The van der Waals surface area contributed by atoms with Crippen molar-refractivity contribution in [3.05, 3.63) is 52.5 Å². The van der Waals surface area contributed by atoms with Crippen molar-refractivity contribution in [2.75, 3.05) is 24.5 Å². The van der Waals surface area contributed by atoms with Crippen LogP contribution in [0.15, 0.2) is 47.4 Å². The number of hydrogen-bond acceptors (Lipinski definition) is 5. The van der Waals surface area contributed by atoms with Gasteiger partial charge in [-0.15, -0.1) is 0 Å². The monoisotopic (exact) mass is 458 g/mol. The topological polar surface area (TPSA) is 93.7 Å². The van der Waals surface area contributed by atoms with Crippen LogP contribution in [-0.2, 0) is 19.6 Å². The number of anilines is 1. The van der Waals surface area contributed by atoms with Gasteiger partial charge >= 0.3 is 0 Å². The van der Waals surface area contributed by atoms with Gasteiger partial charge in [-0.25, -0.2) is 8.42 Å². The lowest BCUT2D eigenvalue weighted by molar-refractivity contribution is -0.123. The Hall–Kier alpha value is -2.00. The van der Waals surface area contributed by atoms with Gasteiger partial charge in [-0.3, -0.25) is 9.52 Å². The summed E-state index contributed by atoms with van der Waals surface area (Å²) in [7, 11) is -3.81. The molecule has 1 aliphatic rings. The van der Waals surface area contributed by atoms with Gasteiger partial charge in [0.2, 0.25) is 0 Å². The molecule has 0 aromatic heterocycles. The molecule has 7 nitrogen and oxygen atoms in total. The van der Waals surface area contributed by atoms with Crippen LogP contribution in [0.1, 0.15) is 12.8 Å². The van der Waals surface area contributed by atoms with E-state index in [9.17, 15) is 13.2 Å². The Morgan fingerprint density at radius 3 is 2.55 bits per heavy atom. The second-order valence-electron chi connectivity index (χ2n) is 6.43. The number of hydrogen-bond donors (Lipinski definition) is 2. The minimum atomic E-state index is -3.81. The van der Waals surface area contributed by atoms with E-state index in [0.29, 0.717) is 23.0 Å².